The lowest BCUT2D eigenvalue weighted by Gasteiger charge is -2.07. The zero-order chi connectivity index (χ0) is 17.5. The maximum Gasteiger partial charge on any atom is 0.343 e. The molecule has 0 aliphatic heterocycles. The Kier molecular flexibility index (Phi) is 5.47. The van der Waals surface area contributed by atoms with Crippen LogP contribution in [0.15, 0.2) is 78.9 Å². The summed E-state index contributed by atoms with van der Waals surface area (Å²) >= 11 is 0. The third-order valence-electron chi connectivity index (χ3n) is 3.73. The van der Waals surface area contributed by atoms with Crippen molar-refractivity contribution >= 4 is 5.97 Å². The Morgan fingerprint density at radius 1 is 0.760 bits per heavy atom. The molecule has 0 saturated heterocycles. The molecule has 0 bridgehead atoms. The minimum absolute atomic E-state index is 0.380. The van der Waals surface area contributed by atoms with Crippen LogP contribution in [0.4, 0.5) is 0 Å². The molecular weight excluding hydrogens is 312 g/mol. The predicted octanol–water partition coefficient (Wildman–Crippen LogP) is 5.36. The van der Waals surface area contributed by atoms with Gasteiger partial charge in [-0.05, 0) is 53.9 Å². The van der Waals surface area contributed by atoms with Gasteiger partial charge in [0.05, 0.1) is 12.2 Å². The van der Waals surface area contributed by atoms with E-state index in [2.05, 4.69) is 6.92 Å². The minimum Gasteiger partial charge on any atom is -0.494 e. The molecule has 3 nitrogen and oxygen atoms in total. The summed E-state index contributed by atoms with van der Waals surface area (Å²) in [6, 6.07) is 24.6. The highest BCUT2D eigenvalue weighted by Crippen LogP contribution is 2.23. The van der Waals surface area contributed by atoms with Gasteiger partial charge in [0.15, 0.2) is 0 Å². The third kappa shape index (κ3) is 4.48. The summed E-state index contributed by atoms with van der Waals surface area (Å²) in [5, 5.41) is 0. The molecule has 0 N–H and O–H groups in total. The van der Waals surface area contributed by atoms with Crippen molar-refractivity contribution in [3.63, 3.8) is 0 Å². The topological polar surface area (TPSA) is 35.5 Å². The summed E-state index contributed by atoms with van der Waals surface area (Å²) < 4.78 is 10.9. The lowest BCUT2D eigenvalue weighted by molar-refractivity contribution is 0.0734. The molecule has 0 saturated carbocycles. The van der Waals surface area contributed by atoms with Gasteiger partial charge >= 0.3 is 5.97 Å². The Morgan fingerprint density at radius 2 is 1.36 bits per heavy atom. The summed E-state index contributed by atoms with van der Waals surface area (Å²) in [7, 11) is 0. The summed E-state index contributed by atoms with van der Waals surface area (Å²) in [6.07, 6.45) is 0.947. The average molecular weight is 332 g/mol. The predicted molar refractivity (Wildman–Crippen MR) is 99.1 cm³/mol. The van der Waals surface area contributed by atoms with Crippen molar-refractivity contribution in [3.8, 4) is 22.6 Å². The van der Waals surface area contributed by atoms with E-state index in [1.54, 1.807) is 36.4 Å². The first-order valence-corrected chi connectivity index (χ1v) is 8.37. The van der Waals surface area contributed by atoms with Crippen molar-refractivity contribution in [2.75, 3.05) is 6.61 Å². The molecule has 0 aromatic heterocycles. The monoisotopic (exact) mass is 332 g/mol. The van der Waals surface area contributed by atoms with Gasteiger partial charge in [-0.2, -0.15) is 0 Å². The molecule has 0 amide bonds. The van der Waals surface area contributed by atoms with Gasteiger partial charge in [-0.25, -0.2) is 4.79 Å². The highest BCUT2D eigenvalue weighted by atomic mass is 16.5. The zero-order valence-electron chi connectivity index (χ0n) is 14.1. The normalized spacial score (nSPS) is 10.3. The lowest BCUT2D eigenvalue weighted by atomic mass is 10.1. The number of carbonyl (C=O) groups excluding carboxylic acids is 1. The first-order chi connectivity index (χ1) is 12.3. The number of benzene rings is 3. The molecule has 3 aromatic carbocycles. The van der Waals surface area contributed by atoms with Crippen molar-refractivity contribution < 1.29 is 14.3 Å². The number of ether oxygens (including phenoxy) is 2. The fraction of sp³-hybridized carbons (Fsp3) is 0.136. The molecule has 0 aliphatic carbocycles. The molecule has 0 radical (unpaired) electrons. The summed E-state index contributed by atoms with van der Waals surface area (Å²) in [6.45, 7) is 2.71. The molecule has 0 fully saturated rings. The van der Waals surface area contributed by atoms with Crippen molar-refractivity contribution in [1.29, 1.82) is 0 Å². The fourth-order valence-corrected chi connectivity index (χ4v) is 2.42. The molecule has 0 aliphatic rings. The van der Waals surface area contributed by atoms with Crippen molar-refractivity contribution in [2.45, 2.75) is 13.3 Å². The van der Waals surface area contributed by atoms with E-state index < -0.39 is 0 Å². The first-order valence-electron chi connectivity index (χ1n) is 8.37. The van der Waals surface area contributed by atoms with Gasteiger partial charge in [0.1, 0.15) is 11.5 Å². The van der Waals surface area contributed by atoms with Crippen LogP contribution >= 0.6 is 0 Å². The number of carbonyl (C=O) groups is 1. The summed E-state index contributed by atoms with van der Waals surface area (Å²) in [5.41, 5.74) is 2.71. The van der Waals surface area contributed by atoms with Gasteiger partial charge in [-0.3, -0.25) is 0 Å². The fourth-order valence-electron chi connectivity index (χ4n) is 2.42. The lowest BCUT2D eigenvalue weighted by Crippen LogP contribution is -2.08. The van der Waals surface area contributed by atoms with E-state index in [0.717, 1.165) is 23.3 Å². The number of hydrogen-bond donors (Lipinski definition) is 0. The molecule has 0 spiro atoms. The second-order valence-corrected chi connectivity index (χ2v) is 5.65. The molecule has 0 unspecified atom stereocenters. The van der Waals surface area contributed by atoms with E-state index in [0.29, 0.717) is 17.9 Å². The zero-order valence-corrected chi connectivity index (χ0v) is 14.1. The molecular formula is C22H20O3. The SMILES string of the molecule is CCCOc1ccc(C(=O)Oc2ccc(-c3ccccc3)cc2)cc1. The van der Waals surface area contributed by atoms with E-state index in [4.69, 9.17) is 9.47 Å². The molecule has 25 heavy (non-hydrogen) atoms. The Bertz CT molecular complexity index is 806. The van der Waals surface area contributed by atoms with Gasteiger partial charge in [0.2, 0.25) is 0 Å². The van der Waals surface area contributed by atoms with E-state index in [-0.39, 0.29) is 5.97 Å². The second-order valence-electron chi connectivity index (χ2n) is 5.65. The van der Waals surface area contributed by atoms with Crippen LogP contribution in [0, 0.1) is 0 Å². The van der Waals surface area contributed by atoms with E-state index in [1.807, 2.05) is 42.5 Å². The molecule has 3 rings (SSSR count). The molecule has 3 heteroatoms. The van der Waals surface area contributed by atoms with Gasteiger partial charge in [0.25, 0.3) is 0 Å². The van der Waals surface area contributed by atoms with Gasteiger partial charge < -0.3 is 9.47 Å². The number of rotatable bonds is 6. The van der Waals surface area contributed by atoms with Crippen molar-refractivity contribution in [1.82, 2.24) is 0 Å². The van der Waals surface area contributed by atoms with Crippen LogP contribution in [-0.2, 0) is 0 Å². The number of esters is 1. The quantitative estimate of drug-likeness (QED) is 0.450. The number of hydrogen-bond acceptors (Lipinski definition) is 3. The maximum absolute atomic E-state index is 12.2. The van der Waals surface area contributed by atoms with Gasteiger partial charge in [0, 0.05) is 0 Å². The Hall–Kier alpha value is -3.07. The Balaban J connectivity index is 1.64. The average Bonchev–Trinajstić information content (AvgIpc) is 2.68. The highest BCUT2D eigenvalue weighted by molar-refractivity contribution is 5.91. The van der Waals surface area contributed by atoms with E-state index in [9.17, 15) is 4.79 Å². The standard InChI is InChI=1S/C22H20O3/c1-2-16-24-20-12-10-19(11-13-20)22(23)25-21-14-8-18(9-15-21)17-6-4-3-5-7-17/h3-15H,2,16H2,1H3. The Labute approximate surface area is 147 Å². The van der Waals surface area contributed by atoms with Gasteiger partial charge in [-0.1, -0.05) is 49.4 Å². The molecule has 0 atom stereocenters. The molecule has 126 valence electrons. The highest BCUT2D eigenvalue weighted by Gasteiger charge is 2.09. The smallest absolute Gasteiger partial charge is 0.343 e. The summed E-state index contributed by atoms with van der Waals surface area (Å²) in [4.78, 5) is 12.2. The largest absolute Gasteiger partial charge is 0.494 e. The van der Waals surface area contributed by atoms with E-state index >= 15 is 0 Å². The van der Waals surface area contributed by atoms with Crippen molar-refractivity contribution in [2.24, 2.45) is 0 Å². The van der Waals surface area contributed by atoms with Gasteiger partial charge in [-0.15, -0.1) is 0 Å². The van der Waals surface area contributed by atoms with E-state index in [1.165, 1.54) is 0 Å². The van der Waals surface area contributed by atoms with Crippen LogP contribution in [0.1, 0.15) is 23.7 Å². The minimum atomic E-state index is -0.380. The second kappa shape index (κ2) is 8.15. The molecule has 3 aromatic rings. The summed E-state index contributed by atoms with van der Waals surface area (Å²) in [5.74, 6) is 0.899. The van der Waals surface area contributed by atoms with Crippen LogP contribution < -0.4 is 9.47 Å². The Morgan fingerprint density at radius 3 is 2.00 bits per heavy atom. The van der Waals surface area contributed by atoms with Crippen LogP contribution in [0.2, 0.25) is 0 Å². The van der Waals surface area contributed by atoms with Crippen LogP contribution in [0.25, 0.3) is 11.1 Å². The van der Waals surface area contributed by atoms with Crippen LogP contribution in [0.3, 0.4) is 0 Å². The molecule has 0 heterocycles. The third-order valence-corrected chi connectivity index (χ3v) is 3.73. The van der Waals surface area contributed by atoms with Crippen LogP contribution in [-0.4, -0.2) is 12.6 Å². The van der Waals surface area contributed by atoms with Crippen molar-refractivity contribution in [3.05, 3.63) is 84.4 Å². The first kappa shape index (κ1) is 16.8. The maximum atomic E-state index is 12.2. The van der Waals surface area contributed by atoms with Crippen LogP contribution in [0.5, 0.6) is 11.5 Å².